The molecule has 3 rings (SSSR count). The first-order valence-corrected chi connectivity index (χ1v) is 9.78. The summed E-state index contributed by atoms with van der Waals surface area (Å²) in [5, 5.41) is 9.67. The third-order valence-corrected chi connectivity index (χ3v) is 5.60. The van der Waals surface area contributed by atoms with Gasteiger partial charge in [-0.2, -0.15) is 0 Å². The molecule has 1 saturated heterocycles. The molecule has 1 unspecified atom stereocenters. The number of hydrogen-bond acceptors (Lipinski definition) is 7. The van der Waals surface area contributed by atoms with Crippen molar-refractivity contribution in [2.45, 2.75) is 32.2 Å². The summed E-state index contributed by atoms with van der Waals surface area (Å²) in [6, 6.07) is 5.31. The molecule has 1 aromatic carbocycles. The molecule has 1 N–H and O–H groups in total. The summed E-state index contributed by atoms with van der Waals surface area (Å²) in [4.78, 5) is 12.9. The van der Waals surface area contributed by atoms with E-state index in [4.69, 9.17) is 23.7 Å². The van der Waals surface area contributed by atoms with Gasteiger partial charge in [-0.05, 0) is 43.0 Å². The molecule has 0 bridgehead atoms. The Hall–Kier alpha value is -2.29. The molecular weight excluding hydrogens is 384 g/mol. The normalized spacial score (nSPS) is 16.6. The Balaban J connectivity index is 1.92. The lowest BCUT2D eigenvalue weighted by Crippen LogP contribution is -2.21. The Morgan fingerprint density at radius 1 is 1.14 bits per heavy atom. The summed E-state index contributed by atoms with van der Waals surface area (Å²) in [5.74, 6) is 0.397. The molecule has 1 aliphatic heterocycles. The van der Waals surface area contributed by atoms with Crippen molar-refractivity contribution in [3.8, 4) is 28.4 Å². The number of aromatic carboxylic acids is 1. The fourth-order valence-corrected chi connectivity index (χ4v) is 4.08. The second-order valence-electron chi connectivity index (χ2n) is 6.28. The fourth-order valence-electron chi connectivity index (χ4n) is 3.14. The SMILES string of the molecule is COc1cc(-c2cc(COC3CCCCO3)sc2C(=O)O)cc(OC)c1OC. The molecule has 1 aromatic heterocycles. The predicted molar refractivity (Wildman–Crippen MR) is 105 cm³/mol. The molecule has 0 radical (unpaired) electrons. The molecule has 28 heavy (non-hydrogen) atoms. The third-order valence-electron chi connectivity index (χ3n) is 4.50. The predicted octanol–water partition coefficient (Wildman–Crippen LogP) is 4.18. The van der Waals surface area contributed by atoms with Gasteiger partial charge in [-0.15, -0.1) is 11.3 Å². The van der Waals surface area contributed by atoms with Crippen LogP contribution in [0.3, 0.4) is 0 Å². The first-order valence-electron chi connectivity index (χ1n) is 8.97. The number of hydrogen-bond donors (Lipinski definition) is 1. The zero-order chi connectivity index (χ0) is 20.1. The Morgan fingerprint density at radius 3 is 2.39 bits per heavy atom. The molecule has 2 heterocycles. The quantitative estimate of drug-likeness (QED) is 0.701. The average molecular weight is 408 g/mol. The zero-order valence-corrected chi connectivity index (χ0v) is 17.0. The van der Waals surface area contributed by atoms with Gasteiger partial charge in [0.25, 0.3) is 0 Å². The number of carboxylic acid groups (broad SMARTS) is 1. The Labute approximate surface area is 167 Å². The van der Waals surface area contributed by atoms with Crippen molar-refractivity contribution in [3.63, 3.8) is 0 Å². The summed E-state index contributed by atoms with van der Waals surface area (Å²) in [7, 11) is 4.57. The summed E-state index contributed by atoms with van der Waals surface area (Å²) >= 11 is 1.19. The second-order valence-corrected chi connectivity index (χ2v) is 7.42. The standard InChI is InChI=1S/C20H24O7S/c1-23-15-8-12(9-16(24-2)18(15)25-3)14-10-13(28-19(14)20(21)22)11-27-17-6-4-5-7-26-17/h8-10,17H,4-7,11H2,1-3H3,(H,21,22). The molecule has 1 fully saturated rings. The maximum Gasteiger partial charge on any atom is 0.346 e. The minimum absolute atomic E-state index is 0.228. The van der Waals surface area contributed by atoms with Crippen molar-refractivity contribution in [3.05, 3.63) is 28.0 Å². The van der Waals surface area contributed by atoms with Gasteiger partial charge in [0, 0.05) is 17.0 Å². The maximum atomic E-state index is 11.8. The van der Waals surface area contributed by atoms with Gasteiger partial charge in [0.05, 0.1) is 27.9 Å². The van der Waals surface area contributed by atoms with Gasteiger partial charge in [-0.25, -0.2) is 4.79 Å². The minimum Gasteiger partial charge on any atom is -0.493 e. The van der Waals surface area contributed by atoms with E-state index in [1.165, 1.54) is 32.7 Å². The van der Waals surface area contributed by atoms with Crippen LogP contribution in [0.15, 0.2) is 18.2 Å². The molecule has 152 valence electrons. The van der Waals surface area contributed by atoms with Crippen LogP contribution in [-0.4, -0.2) is 45.3 Å². The molecule has 0 spiro atoms. The molecule has 1 aliphatic rings. The number of benzene rings is 1. The smallest absolute Gasteiger partial charge is 0.346 e. The molecule has 2 aromatic rings. The van der Waals surface area contributed by atoms with Crippen molar-refractivity contribution in [1.82, 2.24) is 0 Å². The lowest BCUT2D eigenvalue weighted by atomic mass is 10.0. The van der Waals surface area contributed by atoms with E-state index in [2.05, 4.69) is 0 Å². The van der Waals surface area contributed by atoms with Crippen LogP contribution in [0.4, 0.5) is 0 Å². The molecule has 0 amide bonds. The maximum absolute atomic E-state index is 11.8. The van der Waals surface area contributed by atoms with Gasteiger partial charge >= 0.3 is 5.97 Å². The number of methoxy groups -OCH3 is 3. The summed E-state index contributed by atoms with van der Waals surface area (Å²) < 4.78 is 27.5. The highest BCUT2D eigenvalue weighted by atomic mass is 32.1. The second kappa shape index (κ2) is 9.27. The van der Waals surface area contributed by atoms with E-state index in [0.29, 0.717) is 41.6 Å². The summed E-state index contributed by atoms with van der Waals surface area (Å²) in [6.07, 6.45) is 2.75. The van der Waals surface area contributed by atoms with Crippen molar-refractivity contribution >= 4 is 17.3 Å². The van der Waals surface area contributed by atoms with Crippen LogP contribution >= 0.6 is 11.3 Å². The lowest BCUT2D eigenvalue weighted by molar-refractivity contribution is -0.168. The van der Waals surface area contributed by atoms with E-state index in [1.54, 1.807) is 12.1 Å². The molecule has 8 heteroatoms. The highest BCUT2D eigenvalue weighted by Gasteiger charge is 2.22. The highest BCUT2D eigenvalue weighted by molar-refractivity contribution is 7.14. The Morgan fingerprint density at radius 2 is 1.86 bits per heavy atom. The molecular formula is C20H24O7S. The van der Waals surface area contributed by atoms with Gasteiger partial charge in [-0.1, -0.05) is 0 Å². The largest absolute Gasteiger partial charge is 0.493 e. The Bertz CT molecular complexity index is 799. The fraction of sp³-hybridized carbons (Fsp3) is 0.450. The van der Waals surface area contributed by atoms with E-state index in [-0.39, 0.29) is 11.2 Å². The van der Waals surface area contributed by atoms with Crippen molar-refractivity contribution < 1.29 is 33.6 Å². The van der Waals surface area contributed by atoms with Gasteiger partial charge in [0.1, 0.15) is 4.88 Å². The van der Waals surface area contributed by atoms with Gasteiger partial charge in [0.2, 0.25) is 5.75 Å². The van der Waals surface area contributed by atoms with Gasteiger partial charge < -0.3 is 28.8 Å². The zero-order valence-electron chi connectivity index (χ0n) is 16.1. The molecule has 0 aliphatic carbocycles. The average Bonchev–Trinajstić information content (AvgIpc) is 3.16. The first-order chi connectivity index (χ1) is 13.6. The van der Waals surface area contributed by atoms with Crippen LogP contribution in [0.1, 0.15) is 33.8 Å². The van der Waals surface area contributed by atoms with Gasteiger partial charge in [-0.3, -0.25) is 0 Å². The van der Waals surface area contributed by atoms with Crippen LogP contribution in [0.2, 0.25) is 0 Å². The van der Waals surface area contributed by atoms with Crippen molar-refractivity contribution in [2.75, 3.05) is 27.9 Å². The van der Waals surface area contributed by atoms with E-state index < -0.39 is 5.97 Å². The van der Waals surface area contributed by atoms with Crippen molar-refractivity contribution in [2.24, 2.45) is 0 Å². The minimum atomic E-state index is -0.992. The van der Waals surface area contributed by atoms with Crippen LogP contribution < -0.4 is 14.2 Å². The van der Waals surface area contributed by atoms with E-state index in [0.717, 1.165) is 24.1 Å². The van der Waals surface area contributed by atoms with Gasteiger partial charge in [0.15, 0.2) is 17.8 Å². The third kappa shape index (κ3) is 4.40. The van der Waals surface area contributed by atoms with E-state index >= 15 is 0 Å². The number of carbonyl (C=O) groups is 1. The van der Waals surface area contributed by atoms with Crippen LogP contribution in [0.25, 0.3) is 11.1 Å². The molecule has 1 atom stereocenters. The summed E-state index contributed by atoms with van der Waals surface area (Å²) in [5.41, 5.74) is 1.25. The lowest BCUT2D eigenvalue weighted by Gasteiger charge is -2.22. The van der Waals surface area contributed by atoms with E-state index in [9.17, 15) is 9.90 Å². The Kier molecular flexibility index (Phi) is 6.77. The van der Waals surface area contributed by atoms with Crippen LogP contribution in [0, 0.1) is 0 Å². The monoisotopic (exact) mass is 408 g/mol. The highest BCUT2D eigenvalue weighted by Crippen LogP contribution is 2.43. The van der Waals surface area contributed by atoms with Crippen LogP contribution in [0.5, 0.6) is 17.2 Å². The number of ether oxygens (including phenoxy) is 5. The van der Waals surface area contributed by atoms with Crippen molar-refractivity contribution in [1.29, 1.82) is 0 Å². The first kappa shape index (κ1) is 20.4. The molecule has 0 saturated carbocycles. The number of rotatable bonds is 8. The topological polar surface area (TPSA) is 83.5 Å². The van der Waals surface area contributed by atoms with Crippen LogP contribution in [-0.2, 0) is 16.1 Å². The van der Waals surface area contributed by atoms with E-state index in [1.807, 2.05) is 6.07 Å². The summed E-state index contributed by atoms with van der Waals surface area (Å²) in [6.45, 7) is 1.01. The molecule has 7 nitrogen and oxygen atoms in total. The number of thiophene rings is 1. The number of carboxylic acids is 1.